The van der Waals surface area contributed by atoms with Gasteiger partial charge in [0, 0.05) is 24.7 Å². The quantitative estimate of drug-likeness (QED) is 0.395. The molecule has 0 aromatic heterocycles. The number of anilines is 1. The maximum atomic E-state index is 13.8. The minimum Gasteiger partial charge on any atom is -0.308 e. The van der Waals surface area contributed by atoms with Gasteiger partial charge in [-0.25, -0.2) is 19.1 Å². The zero-order valence-electron chi connectivity index (χ0n) is 14.6. The van der Waals surface area contributed by atoms with Crippen LogP contribution in [0.25, 0.3) is 0 Å². The Morgan fingerprint density at radius 1 is 1.21 bits per heavy atom. The third-order valence-corrected chi connectivity index (χ3v) is 3.89. The molecule has 0 bridgehead atoms. The summed E-state index contributed by atoms with van der Waals surface area (Å²) in [4.78, 5) is 35.4. The number of carbonyl (C=O) groups excluding carboxylic acids is 2. The molecule has 0 fully saturated rings. The molecule has 11 heteroatoms. The summed E-state index contributed by atoms with van der Waals surface area (Å²) in [6.07, 6.45) is 0. The predicted octanol–water partition coefficient (Wildman–Crippen LogP) is 2.80. The second-order valence-corrected chi connectivity index (χ2v) is 5.76. The van der Waals surface area contributed by atoms with E-state index in [0.29, 0.717) is 11.6 Å². The maximum absolute atomic E-state index is 13.8. The number of hydrogen-bond donors (Lipinski definition) is 3. The monoisotopic (exact) mass is 394 g/mol. The van der Waals surface area contributed by atoms with E-state index in [1.54, 1.807) is 0 Å². The number of nitrogens with zero attached hydrogens (tertiary/aromatic N) is 2. The van der Waals surface area contributed by atoms with Gasteiger partial charge >= 0.3 is 6.03 Å². The Morgan fingerprint density at radius 3 is 2.39 bits per heavy atom. The molecular formula is C17H16F2N4O5. The number of rotatable bonds is 6. The number of urea groups is 1. The van der Waals surface area contributed by atoms with Crippen LogP contribution in [0.4, 0.5) is 25.0 Å². The molecular weight excluding hydrogens is 378 g/mol. The first-order chi connectivity index (χ1) is 13.2. The summed E-state index contributed by atoms with van der Waals surface area (Å²) in [6, 6.07) is 5.70. The van der Waals surface area contributed by atoms with Gasteiger partial charge in [0.15, 0.2) is 0 Å². The van der Waals surface area contributed by atoms with Crippen LogP contribution >= 0.6 is 0 Å². The third-order valence-electron chi connectivity index (χ3n) is 3.89. The zero-order chi connectivity index (χ0) is 20.8. The smallest absolute Gasteiger partial charge is 0.308 e. The van der Waals surface area contributed by atoms with Gasteiger partial charge in [-0.2, -0.15) is 0 Å². The molecule has 28 heavy (non-hydrogen) atoms. The van der Waals surface area contributed by atoms with Crippen LogP contribution < -0.4 is 10.8 Å². The first-order valence-electron chi connectivity index (χ1n) is 7.93. The number of hydrogen-bond acceptors (Lipinski definition) is 5. The molecule has 0 spiro atoms. The number of nitro groups is 1. The van der Waals surface area contributed by atoms with Crippen molar-refractivity contribution in [3.8, 4) is 0 Å². The lowest BCUT2D eigenvalue weighted by Crippen LogP contribution is -2.48. The molecule has 1 unspecified atom stereocenters. The Kier molecular flexibility index (Phi) is 6.55. The summed E-state index contributed by atoms with van der Waals surface area (Å²) in [5, 5.41) is 21.8. The van der Waals surface area contributed by atoms with E-state index in [1.165, 1.54) is 36.7 Å². The number of hydroxylamine groups is 1. The highest BCUT2D eigenvalue weighted by Gasteiger charge is 2.27. The lowest BCUT2D eigenvalue weighted by atomic mass is 10.1. The number of carbonyl (C=O) groups is 2. The van der Waals surface area contributed by atoms with E-state index >= 15 is 0 Å². The van der Waals surface area contributed by atoms with E-state index in [2.05, 4.69) is 5.32 Å². The van der Waals surface area contributed by atoms with Crippen molar-refractivity contribution < 1.29 is 28.5 Å². The SMILES string of the molecule is CC(C(=O)NO)N(Cc1ccc([N+](=O)[O-])cc1)C(=O)Nc1ccc(F)cc1F. The van der Waals surface area contributed by atoms with E-state index in [9.17, 15) is 28.5 Å². The second-order valence-electron chi connectivity index (χ2n) is 5.76. The fourth-order valence-electron chi connectivity index (χ4n) is 2.32. The molecule has 0 saturated carbocycles. The van der Waals surface area contributed by atoms with Crippen molar-refractivity contribution in [3.63, 3.8) is 0 Å². The Bertz CT molecular complexity index is 892. The van der Waals surface area contributed by atoms with Gasteiger partial charge in [0.05, 0.1) is 10.6 Å². The van der Waals surface area contributed by atoms with Crippen molar-refractivity contribution in [2.24, 2.45) is 0 Å². The number of benzene rings is 2. The standard InChI is InChI=1S/C17H16F2N4O5/c1-10(16(24)21-26)22(9-11-2-5-13(6-3-11)23(27)28)17(25)20-15-7-4-12(18)8-14(15)19/h2-8,10,26H,9H2,1H3,(H,20,25)(H,21,24). The highest BCUT2D eigenvalue weighted by atomic mass is 19.1. The molecule has 2 aromatic carbocycles. The van der Waals surface area contributed by atoms with Crippen LogP contribution in [0, 0.1) is 21.7 Å². The van der Waals surface area contributed by atoms with E-state index < -0.39 is 34.5 Å². The van der Waals surface area contributed by atoms with Crippen LogP contribution in [0.5, 0.6) is 0 Å². The van der Waals surface area contributed by atoms with Gasteiger partial charge in [-0.3, -0.25) is 20.1 Å². The minimum absolute atomic E-state index is 0.158. The molecule has 0 heterocycles. The fraction of sp³-hybridized carbons (Fsp3) is 0.176. The first kappa shape index (κ1) is 20.7. The molecule has 9 nitrogen and oxygen atoms in total. The average molecular weight is 394 g/mol. The maximum Gasteiger partial charge on any atom is 0.322 e. The number of amides is 3. The van der Waals surface area contributed by atoms with Gasteiger partial charge in [-0.1, -0.05) is 12.1 Å². The number of nitro benzene ring substituents is 1. The highest BCUT2D eigenvalue weighted by Crippen LogP contribution is 2.19. The molecule has 0 aliphatic carbocycles. The fourth-order valence-corrected chi connectivity index (χ4v) is 2.32. The largest absolute Gasteiger partial charge is 0.322 e. The summed E-state index contributed by atoms with van der Waals surface area (Å²) in [5.41, 5.74) is 1.39. The molecule has 3 N–H and O–H groups in total. The second kappa shape index (κ2) is 8.86. The van der Waals surface area contributed by atoms with E-state index in [0.717, 1.165) is 17.0 Å². The molecule has 3 amide bonds. The third kappa shape index (κ3) is 4.98. The van der Waals surface area contributed by atoms with E-state index in [4.69, 9.17) is 5.21 Å². The van der Waals surface area contributed by atoms with Crippen molar-refractivity contribution in [2.75, 3.05) is 5.32 Å². The lowest BCUT2D eigenvalue weighted by molar-refractivity contribution is -0.384. The Labute approximate surface area is 157 Å². The summed E-state index contributed by atoms with van der Waals surface area (Å²) >= 11 is 0. The zero-order valence-corrected chi connectivity index (χ0v) is 14.6. The Morgan fingerprint density at radius 2 is 1.86 bits per heavy atom. The molecule has 2 rings (SSSR count). The van der Waals surface area contributed by atoms with Gasteiger partial charge < -0.3 is 10.2 Å². The molecule has 148 valence electrons. The Balaban J connectivity index is 2.26. The first-order valence-corrected chi connectivity index (χ1v) is 7.93. The van der Waals surface area contributed by atoms with Crippen LogP contribution in [0.15, 0.2) is 42.5 Å². The number of halogens is 2. The molecule has 0 aliphatic rings. The summed E-state index contributed by atoms with van der Waals surface area (Å²) in [6.45, 7) is 1.14. The molecule has 0 radical (unpaired) electrons. The Hall–Kier alpha value is -3.60. The van der Waals surface area contributed by atoms with Gasteiger partial charge in [-0.05, 0) is 24.6 Å². The number of nitrogens with one attached hydrogen (secondary N) is 2. The van der Waals surface area contributed by atoms with Crippen LogP contribution in [0.2, 0.25) is 0 Å². The summed E-state index contributed by atoms with van der Waals surface area (Å²) < 4.78 is 26.8. The van der Waals surface area contributed by atoms with Crippen molar-refractivity contribution in [1.29, 1.82) is 0 Å². The molecule has 0 saturated heterocycles. The highest BCUT2D eigenvalue weighted by molar-refractivity contribution is 5.93. The predicted molar refractivity (Wildman–Crippen MR) is 93.4 cm³/mol. The van der Waals surface area contributed by atoms with Crippen molar-refractivity contribution in [2.45, 2.75) is 19.5 Å². The summed E-state index contributed by atoms with van der Waals surface area (Å²) in [5.74, 6) is -2.74. The molecule has 2 aromatic rings. The van der Waals surface area contributed by atoms with Gasteiger partial charge in [0.25, 0.3) is 11.6 Å². The van der Waals surface area contributed by atoms with Crippen molar-refractivity contribution >= 4 is 23.3 Å². The van der Waals surface area contributed by atoms with Crippen LogP contribution in [0.1, 0.15) is 12.5 Å². The van der Waals surface area contributed by atoms with Crippen LogP contribution in [-0.4, -0.2) is 33.0 Å². The lowest BCUT2D eigenvalue weighted by Gasteiger charge is -2.28. The van der Waals surface area contributed by atoms with Crippen molar-refractivity contribution in [1.82, 2.24) is 10.4 Å². The number of non-ortho nitro benzene ring substituents is 1. The van der Waals surface area contributed by atoms with E-state index in [1.807, 2.05) is 0 Å². The van der Waals surface area contributed by atoms with Gasteiger partial charge in [-0.15, -0.1) is 0 Å². The van der Waals surface area contributed by atoms with Gasteiger partial charge in [0.2, 0.25) is 0 Å². The van der Waals surface area contributed by atoms with Crippen LogP contribution in [0.3, 0.4) is 0 Å². The average Bonchev–Trinajstić information content (AvgIpc) is 2.67. The topological polar surface area (TPSA) is 125 Å². The van der Waals surface area contributed by atoms with Crippen LogP contribution in [-0.2, 0) is 11.3 Å². The summed E-state index contributed by atoms with van der Waals surface area (Å²) in [7, 11) is 0. The molecule has 0 aliphatic heterocycles. The minimum atomic E-state index is -1.18. The van der Waals surface area contributed by atoms with Crippen molar-refractivity contribution in [3.05, 3.63) is 69.8 Å². The molecule has 1 atom stereocenters. The van der Waals surface area contributed by atoms with E-state index in [-0.39, 0.29) is 17.9 Å². The normalized spacial score (nSPS) is 11.4. The van der Waals surface area contributed by atoms with Gasteiger partial charge in [0.1, 0.15) is 17.7 Å².